The Bertz CT molecular complexity index is 1510. The molecule has 0 spiro atoms. The van der Waals surface area contributed by atoms with E-state index in [-0.39, 0.29) is 17.8 Å². The molecule has 3 atom stereocenters. The van der Waals surface area contributed by atoms with Gasteiger partial charge in [-0.05, 0) is 25.8 Å². The molecule has 3 N–H and O–H groups in total. The normalized spacial score (nSPS) is 21.9. The highest BCUT2D eigenvalue weighted by Gasteiger charge is 2.44. The van der Waals surface area contributed by atoms with E-state index in [1.165, 1.54) is 0 Å². The number of aromatic nitrogens is 6. The van der Waals surface area contributed by atoms with Crippen molar-refractivity contribution >= 4 is 23.5 Å². The number of nitrogens with zero attached hydrogens (tertiary/aromatic N) is 6. The molecule has 0 bridgehead atoms. The Morgan fingerprint density at radius 1 is 1.41 bits per heavy atom. The van der Waals surface area contributed by atoms with Gasteiger partial charge in [0.2, 0.25) is 5.95 Å². The summed E-state index contributed by atoms with van der Waals surface area (Å²) in [6.07, 6.45) is 4.07. The second kappa shape index (κ2) is 8.82. The zero-order valence-electron chi connectivity index (χ0n) is 19.7. The van der Waals surface area contributed by atoms with E-state index in [9.17, 15) is 10.1 Å². The minimum Gasteiger partial charge on any atom is -0.441 e. The highest BCUT2D eigenvalue weighted by Crippen LogP contribution is 2.36. The quantitative estimate of drug-likeness (QED) is 0.360. The lowest BCUT2D eigenvalue weighted by Crippen LogP contribution is -2.39. The van der Waals surface area contributed by atoms with Crippen LogP contribution in [0.3, 0.4) is 0 Å². The molecule has 37 heavy (non-hydrogen) atoms. The minimum atomic E-state index is -1.57. The number of carbonyl (C=O) groups excluding carboxylic acids is 1. The maximum atomic E-state index is 15.1. The van der Waals surface area contributed by atoms with Crippen LogP contribution in [-0.4, -0.2) is 60.1 Å². The number of halogens is 1. The molecule has 1 saturated heterocycles. The molecule has 4 aromatic heterocycles. The number of carbonyl (C=O) groups is 1. The van der Waals surface area contributed by atoms with E-state index in [0.717, 1.165) is 18.4 Å². The fourth-order valence-corrected chi connectivity index (χ4v) is 4.17. The lowest BCUT2D eigenvalue weighted by Gasteiger charge is -2.17. The van der Waals surface area contributed by atoms with E-state index in [0.29, 0.717) is 28.7 Å². The summed E-state index contributed by atoms with van der Waals surface area (Å²) in [6.45, 7) is 1.84. The largest absolute Gasteiger partial charge is 0.441 e. The number of nitrogens with one attached hydrogen (secondary N) is 3. The summed E-state index contributed by atoms with van der Waals surface area (Å²) in [5.74, 6) is 0.704. The number of hydrogen-bond acceptors (Lipinski definition) is 9. The Morgan fingerprint density at radius 2 is 2.27 bits per heavy atom. The predicted octanol–water partition coefficient (Wildman–Crippen LogP) is 3.19. The Hall–Kier alpha value is -4.57. The molecule has 4 aromatic rings. The third-order valence-electron chi connectivity index (χ3n) is 6.47. The van der Waals surface area contributed by atoms with Gasteiger partial charge in [-0.15, -0.1) is 0 Å². The van der Waals surface area contributed by atoms with E-state index in [4.69, 9.17) is 9.47 Å². The fraction of sp³-hybridized carbons (Fsp3) is 0.333. The van der Waals surface area contributed by atoms with E-state index in [1.54, 1.807) is 41.3 Å². The Labute approximate surface area is 209 Å². The van der Waals surface area contributed by atoms with Crippen LogP contribution in [0.1, 0.15) is 37.3 Å². The summed E-state index contributed by atoms with van der Waals surface area (Å²) in [4.78, 5) is 25.1. The van der Waals surface area contributed by atoms with E-state index >= 15 is 4.39 Å². The van der Waals surface area contributed by atoms with Gasteiger partial charge in [-0.25, -0.2) is 19.2 Å². The molecule has 1 saturated carbocycles. The average Bonchev–Trinajstić information content (AvgIpc) is 3.25. The van der Waals surface area contributed by atoms with Crippen molar-refractivity contribution in [1.29, 1.82) is 5.26 Å². The lowest BCUT2D eigenvalue weighted by atomic mass is 10.1. The van der Waals surface area contributed by atoms with Gasteiger partial charge in [0.15, 0.2) is 29.4 Å². The van der Waals surface area contributed by atoms with Crippen molar-refractivity contribution in [3.05, 3.63) is 54.4 Å². The van der Waals surface area contributed by atoms with Crippen molar-refractivity contribution in [1.82, 2.24) is 34.9 Å². The number of imidazole rings is 1. The van der Waals surface area contributed by atoms with Crippen LogP contribution in [0.25, 0.3) is 16.8 Å². The smallest absolute Gasteiger partial charge is 0.408 e. The number of hydrogen-bond donors (Lipinski definition) is 3. The number of anilines is 2. The first-order chi connectivity index (χ1) is 17.9. The second-order valence-corrected chi connectivity index (χ2v) is 9.33. The van der Waals surface area contributed by atoms with Crippen LogP contribution in [0, 0.1) is 11.3 Å². The minimum absolute atomic E-state index is 0.0678. The zero-order valence-corrected chi connectivity index (χ0v) is 19.7. The maximum absolute atomic E-state index is 15.1. The van der Waals surface area contributed by atoms with Crippen LogP contribution in [0.2, 0.25) is 0 Å². The number of alkyl halides is 1. The number of rotatable bonds is 6. The number of H-pyrrole nitrogens is 1. The van der Waals surface area contributed by atoms with Crippen LogP contribution < -0.4 is 10.6 Å². The average molecular weight is 503 g/mol. The molecule has 0 aromatic carbocycles. The number of pyridine rings is 1. The fourth-order valence-electron chi connectivity index (χ4n) is 4.17. The van der Waals surface area contributed by atoms with Crippen LogP contribution in [0.5, 0.6) is 0 Å². The van der Waals surface area contributed by atoms with Crippen molar-refractivity contribution < 1.29 is 18.7 Å². The summed E-state index contributed by atoms with van der Waals surface area (Å²) in [5, 5.41) is 22.2. The number of alkyl carbamates (subject to hydrolysis) is 1. The van der Waals surface area contributed by atoms with Gasteiger partial charge in [0.1, 0.15) is 12.2 Å². The molecule has 2 fully saturated rings. The van der Waals surface area contributed by atoms with Gasteiger partial charge in [0.05, 0.1) is 18.5 Å². The van der Waals surface area contributed by atoms with Crippen molar-refractivity contribution in [2.45, 2.75) is 43.7 Å². The molecule has 6 rings (SSSR count). The Kier molecular flexibility index (Phi) is 5.45. The number of amides is 1. The van der Waals surface area contributed by atoms with Gasteiger partial charge < -0.3 is 20.1 Å². The van der Waals surface area contributed by atoms with Crippen LogP contribution in [0.15, 0.2) is 43.0 Å². The molecule has 1 aliphatic heterocycles. The Morgan fingerprint density at radius 3 is 3.03 bits per heavy atom. The standard InChI is InChI=1S/C24H22FN9O3/c1-24(4-5-24)31-23(35)37-17-12-36-20(19(17)25)16-7-18(33-32-16)30-22-28-10-15(13-3-2-6-27-9-13)21-29-14(8-26)11-34(21)22/h2-3,6-7,9-11,17,19-20H,4-5,12H2,1H3,(H,31,35)(H2,28,30,32,33)/t17-,19+,20-/m1/s1. The number of ether oxygens (including phenoxy) is 2. The lowest BCUT2D eigenvalue weighted by molar-refractivity contribution is 0.0604. The molecular weight excluding hydrogens is 481 g/mol. The van der Waals surface area contributed by atoms with Crippen molar-refractivity contribution in [3.8, 4) is 17.2 Å². The highest BCUT2D eigenvalue weighted by atomic mass is 19.1. The van der Waals surface area contributed by atoms with Crippen molar-refractivity contribution in [3.63, 3.8) is 0 Å². The molecule has 5 heterocycles. The molecule has 188 valence electrons. The number of aromatic amines is 1. The van der Waals surface area contributed by atoms with Gasteiger partial charge >= 0.3 is 6.09 Å². The molecule has 1 amide bonds. The maximum Gasteiger partial charge on any atom is 0.408 e. The van der Waals surface area contributed by atoms with Crippen molar-refractivity contribution in [2.75, 3.05) is 11.9 Å². The summed E-state index contributed by atoms with van der Waals surface area (Å²) < 4.78 is 27.5. The first-order valence-corrected chi connectivity index (χ1v) is 11.7. The topological polar surface area (TPSA) is 155 Å². The van der Waals surface area contributed by atoms with E-state index in [1.807, 2.05) is 19.1 Å². The monoisotopic (exact) mass is 503 g/mol. The third-order valence-corrected chi connectivity index (χ3v) is 6.47. The Balaban J connectivity index is 1.19. The number of nitriles is 1. The summed E-state index contributed by atoms with van der Waals surface area (Å²) in [6, 6.07) is 7.31. The first kappa shape index (κ1) is 22.9. The van der Waals surface area contributed by atoms with Gasteiger partial charge in [-0.1, -0.05) is 6.07 Å². The second-order valence-electron chi connectivity index (χ2n) is 9.33. The number of fused-ring (bicyclic) bond motifs is 1. The zero-order chi connectivity index (χ0) is 25.6. The van der Waals surface area contributed by atoms with Crippen LogP contribution >= 0.6 is 0 Å². The molecule has 13 heteroatoms. The van der Waals surface area contributed by atoms with Gasteiger partial charge in [-0.2, -0.15) is 10.4 Å². The molecule has 0 unspecified atom stereocenters. The molecule has 0 radical (unpaired) electrons. The van der Waals surface area contributed by atoms with Crippen LogP contribution in [-0.2, 0) is 9.47 Å². The van der Waals surface area contributed by atoms with Crippen molar-refractivity contribution in [2.24, 2.45) is 0 Å². The van der Waals surface area contributed by atoms with E-state index < -0.39 is 24.5 Å². The van der Waals surface area contributed by atoms with E-state index in [2.05, 4.69) is 35.8 Å². The summed E-state index contributed by atoms with van der Waals surface area (Å²) >= 11 is 0. The molecule has 2 aliphatic rings. The van der Waals surface area contributed by atoms with Gasteiger partial charge in [0, 0.05) is 41.3 Å². The van der Waals surface area contributed by atoms with Gasteiger partial charge in [-0.3, -0.25) is 14.5 Å². The SMILES string of the molecule is CC1(NC(=O)O[C@@H]2CO[C@H](c3cc(Nc4ncc(-c5cccnc5)c5nc(C#N)cn45)n[nH]3)[C@H]2F)CC1. The van der Waals surface area contributed by atoms with Gasteiger partial charge in [0.25, 0.3) is 0 Å². The molecular formula is C24H22FN9O3. The highest BCUT2D eigenvalue weighted by molar-refractivity contribution is 5.78. The first-order valence-electron chi connectivity index (χ1n) is 11.7. The summed E-state index contributed by atoms with van der Waals surface area (Å²) in [7, 11) is 0. The molecule has 1 aliphatic carbocycles. The summed E-state index contributed by atoms with van der Waals surface area (Å²) in [5.41, 5.74) is 2.35. The predicted molar refractivity (Wildman–Crippen MR) is 127 cm³/mol. The van der Waals surface area contributed by atoms with Crippen LogP contribution in [0.4, 0.5) is 21.0 Å². The molecule has 12 nitrogen and oxygen atoms in total. The third kappa shape index (κ3) is 4.43.